The summed E-state index contributed by atoms with van der Waals surface area (Å²) in [4.78, 5) is 14.2. The van der Waals surface area contributed by atoms with Crippen molar-refractivity contribution in [2.75, 3.05) is 25.0 Å². The zero-order chi connectivity index (χ0) is 16.4. The van der Waals surface area contributed by atoms with Crippen molar-refractivity contribution in [1.29, 1.82) is 0 Å². The Hall–Kier alpha value is -1.17. The molecule has 4 nitrogen and oxygen atoms in total. The number of nitrogens with one attached hydrogen (secondary N) is 1. The molecule has 0 aromatic heterocycles. The minimum atomic E-state index is -0.548. The van der Waals surface area contributed by atoms with Crippen LogP contribution in [0.15, 0.2) is 18.2 Å². The van der Waals surface area contributed by atoms with E-state index in [0.717, 1.165) is 32.2 Å². The van der Waals surface area contributed by atoms with Crippen molar-refractivity contribution in [3.05, 3.63) is 29.0 Å². The molecule has 2 unspecified atom stereocenters. The fourth-order valence-electron chi connectivity index (χ4n) is 3.77. The molecule has 2 aliphatic rings. The van der Waals surface area contributed by atoms with Gasteiger partial charge >= 0.3 is 0 Å². The standard InChI is InChI=1S/C17H22ClFN2O2/c18-13-4-5-15(14(19)9-13)20-16(22)11-21-8-7-17(23)6-2-1-3-12(17)10-21/h4-5,9,12,23H,1-3,6-8,10-11H2,(H,20,22). The van der Waals surface area contributed by atoms with E-state index in [9.17, 15) is 14.3 Å². The number of benzene rings is 1. The first kappa shape index (κ1) is 16.7. The molecule has 1 amide bonds. The third-order valence-electron chi connectivity index (χ3n) is 5.08. The summed E-state index contributed by atoms with van der Waals surface area (Å²) in [7, 11) is 0. The molecule has 2 atom stereocenters. The van der Waals surface area contributed by atoms with E-state index in [-0.39, 0.29) is 24.1 Å². The Bertz CT molecular complexity index is 598. The summed E-state index contributed by atoms with van der Waals surface area (Å²) in [6, 6.07) is 4.19. The number of rotatable bonds is 3. The maximum absolute atomic E-state index is 13.7. The molecule has 3 rings (SSSR count). The highest BCUT2D eigenvalue weighted by molar-refractivity contribution is 6.30. The van der Waals surface area contributed by atoms with Gasteiger partial charge in [0.2, 0.25) is 5.91 Å². The molecule has 2 N–H and O–H groups in total. The Morgan fingerprint density at radius 2 is 2.26 bits per heavy atom. The molecule has 1 aromatic rings. The zero-order valence-corrected chi connectivity index (χ0v) is 13.8. The molecule has 23 heavy (non-hydrogen) atoms. The third kappa shape index (κ3) is 3.84. The third-order valence-corrected chi connectivity index (χ3v) is 5.32. The molecular weight excluding hydrogens is 319 g/mol. The van der Waals surface area contributed by atoms with E-state index in [1.165, 1.54) is 12.1 Å². The van der Waals surface area contributed by atoms with Crippen LogP contribution >= 0.6 is 11.6 Å². The van der Waals surface area contributed by atoms with Crippen molar-refractivity contribution in [2.24, 2.45) is 5.92 Å². The second-order valence-electron chi connectivity index (χ2n) is 6.70. The molecule has 0 spiro atoms. The molecule has 1 heterocycles. The Kier molecular flexibility index (Phi) is 4.90. The molecule has 126 valence electrons. The number of nitrogens with zero attached hydrogens (tertiary/aromatic N) is 1. The van der Waals surface area contributed by atoms with Crippen molar-refractivity contribution in [3.8, 4) is 0 Å². The lowest BCUT2D eigenvalue weighted by molar-refractivity contribution is -0.123. The largest absolute Gasteiger partial charge is 0.390 e. The van der Waals surface area contributed by atoms with Crippen LogP contribution in [0.1, 0.15) is 32.1 Å². The molecule has 1 saturated carbocycles. The summed E-state index contributed by atoms with van der Waals surface area (Å²) >= 11 is 5.70. The second-order valence-corrected chi connectivity index (χ2v) is 7.14. The number of fused-ring (bicyclic) bond motifs is 1. The van der Waals surface area contributed by atoms with Crippen molar-refractivity contribution in [3.63, 3.8) is 0 Å². The number of halogens is 2. The first-order valence-corrected chi connectivity index (χ1v) is 8.54. The minimum absolute atomic E-state index is 0.144. The molecule has 0 bridgehead atoms. The number of piperidine rings is 1. The molecule has 1 aromatic carbocycles. The van der Waals surface area contributed by atoms with Crippen molar-refractivity contribution < 1.29 is 14.3 Å². The summed E-state index contributed by atoms with van der Waals surface area (Å²) in [5.41, 5.74) is -0.404. The van der Waals surface area contributed by atoms with Crippen molar-refractivity contribution in [1.82, 2.24) is 4.90 Å². The van der Waals surface area contributed by atoms with E-state index in [1.807, 2.05) is 4.90 Å². The van der Waals surface area contributed by atoms with Crippen LogP contribution < -0.4 is 5.32 Å². The van der Waals surface area contributed by atoms with Crippen LogP contribution in [0, 0.1) is 11.7 Å². The Labute approximate surface area is 140 Å². The van der Waals surface area contributed by atoms with Crippen LogP contribution in [0.25, 0.3) is 0 Å². The lowest BCUT2D eigenvalue weighted by Gasteiger charge is -2.47. The summed E-state index contributed by atoms with van der Waals surface area (Å²) in [5, 5.41) is 13.5. The van der Waals surface area contributed by atoms with Gasteiger partial charge in [-0.2, -0.15) is 0 Å². The van der Waals surface area contributed by atoms with E-state index in [4.69, 9.17) is 11.6 Å². The molecule has 6 heteroatoms. The molecule has 1 aliphatic carbocycles. The average Bonchev–Trinajstić information content (AvgIpc) is 2.50. The van der Waals surface area contributed by atoms with Crippen molar-refractivity contribution in [2.45, 2.75) is 37.7 Å². The molecule has 1 aliphatic heterocycles. The Morgan fingerprint density at radius 3 is 3.04 bits per heavy atom. The van der Waals surface area contributed by atoms with Crippen LogP contribution in [0.5, 0.6) is 0 Å². The summed E-state index contributed by atoms with van der Waals surface area (Å²) in [5.74, 6) is -0.538. The monoisotopic (exact) mass is 340 g/mol. The normalized spacial score (nSPS) is 28.2. The number of hydrogen-bond acceptors (Lipinski definition) is 3. The summed E-state index contributed by atoms with van der Waals surface area (Å²) in [6.45, 7) is 1.64. The second kappa shape index (κ2) is 6.75. The zero-order valence-electron chi connectivity index (χ0n) is 13.0. The predicted molar refractivity (Wildman–Crippen MR) is 88.0 cm³/mol. The number of amides is 1. The lowest BCUT2D eigenvalue weighted by Crippen LogP contribution is -2.54. The SMILES string of the molecule is O=C(CN1CCC2(O)CCCCC2C1)Nc1ccc(Cl)cc1F. The molecular formula is C17H22ClFN2O2. The summed E-state index contributed by atoms with van der Waals surface area (Å²) < 4.78 is 13.7. The van der Waals surface area contributed by atoms with Gasteiger partial charge in [-0.05, 0) is 37.5 Å². The van der Waals surface area contributed by atoms with Crippen LogP contribution in [-0.4, -0.2) is 41.1 Å². The Balaban J connectivity index is 1.56. The number of carbonyl (C=O) groups excluding carboxylic acids is 1. The number of aliphatic hydroxyl groups is 1. The highest BCUT2D eigenvalue weighted by Crippen LogP contribution is 2.39. The van der Waals surface area contributed by atoms with Gasteiger partial charge in [0.05, 0.1) is 17.8 Å². The van der Waals surface area contributed by atoms with Gasteiger partial charge in [0.25, 0.3) is 0 Å². The quantitative estimate of drug-likeness (QED) is 0.889. The first-order valence-electron chi connectivity index (χ1n) is 8.16. The van der Waals surface area contributed by atoms with E-state index in [1.54, 1.807) is 6.07 Å². The van der Waals surface area contributed by atoms with Gasteiger partial charge in [0, 0.05) is 24.0 Å². The topological polar surface area (TPSA) is 52.6 Å². The van der Waals surface area contributed by atoms with Gasteiger partial charge in [-0.1, -0.05) is 24.4 Å². The minimum Gasteiger partial charge on any atom is -0.390 e. The first-order chi connectivity index (χ1) is 11.0. The maximum Gasteiger partial charge on any atom is 0.238 e. The Morgan fingerprint density at radius 1 is 1.43 bits per heavy atom. The average molecular weight is 341 g/mol. The molecule has 1 saturated heterocycles. The van der Waals surface area contributed by atoms with E-state index in [2.05, 4.69) is 5.32 Å². The van der Waals surface area contributed by atoms with Crippen LogP contribution in [0.4, 0.5) is 10.1 Å². The predicted octanol–water partition coefficient (Wildman–Crippen LogP) is 3.04. The van der Waals surface area contributed by atoms with Gasteiger partial charge in [0.1, 0.15) is 5.82 Å². The number of likely N-dealkylation sites (tertiary alicyclic amines) is 1. The van der Waals surface area contributed by atoms with Crippen molar-refractivity contribution >= 4 is 23.2 Å². The fourth-order valence-corrected chi connectivity index (χ4v) is 3.93. The maximum atomic E-state index is 13.7. The fraction of sp³-hybridized carbons (Fsp3) is 0.588. The lowest BCUT2D eigenvalue weighted by atomic mass is 9.71. The van der Waals surface area contributed by atoms with Gasteiger partial charge in [-0.25, -0.2) is 4.39 Å². The number of hydrogen-bond donors (Lipinski definition) is 2. The number of carbonyl (C=O) groups is 1. The number of anilines is 1. The summed E-state index contributed by atoms with van der Waals surface area (Å²) in [6.07, 6.45) is 4.82. The van der Waals surface area contributed by atoms with Gasteiger partial charge in [-0.15, -0.1) is 0 Å². The van der Waals surface area contributed by atoms with Crippen LogP contribution in [0.2, 0.25) is 5.02 Å². The molecule has 2 fully saturated rings. The van der Waals surface area contributed by atoms with Gasteiger partial charge in [-0.3, -0.25) is 9.69 Å². The highest BCUT2D eigenvalue weighted by atomic mass is 35.5. The van der Waals surface area contributed by atoms with Crippen LogP contribution in [0.3, 0.4) is 0 Å². The van der Waals surface area contributed by atoms with E-state index >= 15 is 0 Å². The van der Waals surface area contributed by atoms with E-state index < -0.39 is 11.4 Å². The molecule has 0 radical (unpaired) electrons. The van der Waals surface area contributed by atoms with E-state index in [0.29, 0.717) is 18.0 Å². The smallest absolute Gasteiger partial charge is 0.238 e. The van der Waals surface area contributed by atoms with Gasteiger partial charge < -0.3 is 10.4 Å². The van der Waals surface area contributed by atoms with Crippen LogP contribution in [-0.2, 0) is 4.79 Å². The van der Waals surface area contributed by atoms with Gasteiger partial charge in [0.15, 0.2) is 0 Å². The highest BCUT2D eigenvalue weighted by Gasteiger charge is 2.42.